The Kier molecular flexibility index (Phi) is 5.03. The fraction of sp³-hybridized carbons (Fsp3) is 0.238. The summed E-state index contributed by atoms with van der Waals surface area (Å²) < 4.78 is 39.2. The molecule has 146 valence electrons. The van der Waals surface area contributed by atoms with E-state index in [-0.39, 0.29) is 13.3 Å². The molecule has 1 aromatic heterocycles. The van der Waals surface area contributed by atoms with Crippen LogP contribution in [0.4, 0.5) is 5.69 Å². The van der Waals surface area contributed by atoms with Crippen LogP contribution in [0.3, 0.4) is 0 Å². The van der Waals surface area contributed by atoms with E-state index in [0.29, 0.717) is 27.3 Å². The largest absolute Gasteiger partial charge is 0.454 e. The number of fused-ring (bicyclic) bond motifs is 1. The average molecular weight is 416 g/mol. The Hall–Kier alpha value is -2.51. The molecule has 0 unspecified atom stereocenters. The minimum Gasteiger partial charge on any atom is -0.454 e. The van der Waals surface area contributed by atoms with Crippen molar-refractivity contribution >= 4 is 27.0 Å². The molecule has 4 rings (SSSR count). The van der Waals surface area contributed by atoms with Crippen molar-refractivity contribution in [3.05, 3.63) is 71.1 Å². The van der Waals surface area contributed by atoms with Crippen molar-refractivity contribution in [1.82, 2.24) is 0 Å². The lowest BCUT2D eigenvalue weighted by Gasteiger charge is -2.24. The first-order valence-electron chi connectivity index (χ1n) is 9.00. The van der Waals surface area contributed by atoms with Gasteiger partial charge in [0.2, 0.25) is 6.79 Å². The van der Waals surface area contributed by atoms with Gasteiger partial charge in [-0.15, -0.1) is 11.3 Å². The minimum atomic E-state index is -3.70. The molecule has 0 N–H and O–H groups in total. The maximum Gasteiger partial charge on any atom is 0.274 e. The van der Waals surface area contributed by atoms with Gasteiger partial charge >= 0.3 is 0 Å². The second kappa shape index (κ2) is 7.48. The Morgan fingerprint density at radius 2 is 1.79 bits per heavy atom. The average Bonchev–Trinajstić information content (AvgIpc) is 3.37. The van der Waals surface area contributed by atoms with Crippen molar-refractivity contribution in [2.45, 2.75) is 30.5 Å². The number of sulfonamides is 1. The third-order valence-electron chi connectivity index (χ3n) is 4.66. The van der Waals surface area contributed by atoms with E-state index in [0.717, 1.165) is 5.56 Å². The highest BCUT2D eigenvalue weighted by Crippen LogP contribution is 2.38. The molecule has 0 spiro atoms. The van der Waals surface area contributed by atoms with E-state index in [1.807, 2.05) is 12.1 Å². The molecule has 7 heteroatoms. The molecule has 5 nitrogen and oxygen atoms in total. The Balaban J connectivity index is 1.73. The molecule has 0 aliphatic carbocycles. The molecule has 2 aromatic carbocycles. The lowest BCUT2D eigenvalue weighted by molar-refractivity contribution is 0.174. The van der Waals surface area contributed by atoms with Crippen molar-refractivity contribution in [2.75, 3.05) is 11.1 Å². The molecule has 3 aromatic rings. The minimum absolute atomic E-state index is 0.146. The zero-order valence-corrected chi connectivity index (χ0v) is 17.3. The lowest BCUT2D eigenvalue weighted by atomic mass is 10.0. The molecular formula is C21H21NO4S2. The van der Waals surface area contributed by atoms with Crippen molar-refractivity contribution in [3.63, 3.8) is 0 Å². The molecule has 28 heavy (non-hydrogen) atoms. The monoisotopic (exact) mass is 415 g/mol. The number of hydrogen-bond acceptors (Lipinski definition) is 5. The van der Waals surface area contributed by atoms with Crippen molar-refractivity contribution < 1.29 is 17.9 Å². The van der Waals surface area contributed by atoms with E-state index in [1.165, 1.54) is 21.2 Å². The number of anilines is 1. The molecule has 2 heterocycles. The number of rotatable bonds is 6. The second-order valence-electron chi connectivity index (χ2n) is 6.88. The van der Waals surface area contributed by atoms with E-state index >= 15 is 0 Å². The normalized spacial score (nSPS) is 13.1. The molecule has 0 saturated carbocycles. The van der Waals surface area contributed by atoms with Gasteiger partial charge in [-0.1, -0.05) is 44.2 Å². The smallest absolute Gasteiger partial charge is 0.274 e. The zero-order chi connectivity index (χ0) is 19.7. The summed E-state index contributed by atoms with van der Waals surface area (Å²) in [6, 6.07) is 16.7. The van der Waals surface area contributed by atoms with Crippen LogP contribution >= 0.6 is 11.3 Å². The highest BCUT2D eigenvalue weighted by molar-refractivity contribution is 7.94. The maximum absolute atomic E-state index is 13.3. The molecule has 0 amide bonds. The molecular weight excluding hydrogens is 394 g/mol. The molecule has 0 atom stereocenters. The van der Waals surface area contributed by atoms with Gasteiger partial charge in [0.15, 0.2) is 11.5 Å². The van der Waals surface area contributed by atoms with Gasteiger partial charge in [-0.3, -0.25) is 4.31 Å². The van der Waals surface area contributed by atoms with E-state index in [4.69, 9.17) is 9.47 Å². The third-order valence-corrected chi connectivity index (χ3v) is 7.80. The fourth-order valence-electron chi connectivity index (χ4n) is 3.05. The Morgan fingerprint density at radius 3 is 2.46 bits per heavy atom. The quantitative estimate of drug-likeness (QED) is 0.569. The lowest BCUT2D eigenvalue weighted by Crippen LogP contribution is -2.30. The van der Waals surface area contributed by atoms with Crippen LogP contribution < -0.4 is 13.8 Å². The zero-order valence-electron chi connectivity index (χ0n) is 15.7. The van der Waals surface area contributed by atoms with Gasteiger partial charge in [-0.2, -0.15) is 0 Å². The van der Waals surface area contributed by atoms with Gasteiger partial charge in [0.25, 0.3) is 10.0 Å². The standard InChI is InChI=1S/C21H21NO4S2/c1-15(2)17-7-5-16(6-8-17)13-22(28(23,24)21-4-3-11-27-21)18-9-10-19-20(12-18)26-14-25-19/h3-12,15H,13-14H2,1-2H3. The maximum atomic E-state index is 13.3. The van der Waals surface area contributed by atoms with Gasteiger partial charge in [0.1, 0.15) is 4.21 Å². The highest BCUT2D eigenvalue weighted by atomic mass is 32.2. The topological polar surface area (TPSA) is 55.8 Å². The van der Waals surface area contributed by atoms with Crippen molar-refractivity contribution in [1.29, 1.82) is 0 Å². The third kappa shape index (κ3) is 3.59. The summed E-state index contributed by atoms with van der Waals surface area (Å²) in [5.74, 6) is 1.60. The first kappa shape index (κ1) is 18.8. The number of benzene rings is 2. The number of nitrogens with zero attached hydrogens (tertiary/aromatic N) is 1. The van der Waals surface area contributed by atoms with Gasteiger partial charge in [-0.05, 0) is 40.6 Å². The van der Waals surface area contributed by atoms with Crippen molar-refractivity contribution in [3.8, 4) is 11.5 Å². The summed E-state index contributed by atoms with van der Waals surface area (Å²) in [6.45, 7) is 4.65. The molecule has 1 aliphatic heterocycles. The van der Waals surface area contributed by atoms with Crippen LogP contribution in [-0.4, -0.2) is 15.2 Å². The molecule has 0 saturated heterocycles. The van der Waals surface area contributed by atoms with Crippen LogP contribution in [-0.2, 0) is 16.6 Å². The summed E-state index contributed by atoms with van der Waals surface area (Å²) in [5.41, 5.74) is 2.69. The Labute approximate surface area is 169 Å². The van der Waals surface area contributed by atoms with Gasteiger partial charge in [0, 0.05) is 6.07 Å². The first-order valence-corrected chi connectivity index (χ1v) is 11.3. The van der Waals surface area contributed by atoms with Gasteiger partial charge in [-0.25, -0.2) is 8.42 Å². The Morgan fingerprint density at radius 1 is 1.04 bits per heavy atom. The van der Waals surface area contributed by atoms with E-state index in [9.17, 15) is 8.42 Å². The number of ether oxygens (including phenoxy) is 2. The number of hydrogen-bond donors (Lipinski definition) is 0. The van der Waals surface area contributed by atoms with E-state index in [2.05, 4.69) is 26.0 Å². The highest BCUT2D eigenvalue weighted by Gasteiger charge is 2.28. The molecule has 0 bridgehead atoms. The predicted molar refractivity (Wildman–Crippen MR) is 111 cm³/mol. The molecule has 1 aliphatic rings. The summed E-state index contributed by atoms with van der Waals surface area (Å²) in [7, 11) is -3.70. The van der Waals surface area contributed by atoms with Crippen LogP contribution in [0, 0.1) is 0 Å². The van der Waals surface area contributed by atoms with Crippen LogP contribution in [0.5, 0.6) is 11.5 Å². The molecule has 0 radical (unpaired) electrons. The van der Waals surface area contributed by atoms with E-state index in [1.54, 1.807) is 35.7 Å². The summed E-state index contributed by atoms with van der Waals surface area (Å²) in [6.07, 6.45) is 0. The first-order chi connectivity index (χ1) is 13.4. The fourth-order valence-corrected chi connectivity index (χ4v) is 5.60. The van der Waals surface area contributed by atoms with E-state index < -0.39 is 10.0 Å². The predicted octanol–water partition coefficient (Wildman–Crippen LogP) is 5.00. The summed E-state index contributed by atoms with van der Waals surface area (Å²) in [4.78, 5) is 0. The van der Waals surface area contributed by atoms with Gasteiger partial charge < -0.3 is 9.47 Å². The Bertz CT molecular complexity index is 1060. The second-order valence-corrected chi connectivity index (χ2v) is 9.91. The molecule has 0 fully saturated rings. The van der Waals surface area contributed by atoms with Crippen molar-refractivity contribution in [2.24, 2.45) is 0 Å². The van der Waals surface area contributed by atoms with Crippen LogP contribution in [0.15, 0.2) is 64.2 Å². The van der Waals surface area contributed by atoms with Crippen LogP contribution in [0.25, 0.3) is 0 Å². The summed E-state index contributed by atoms with van der Waals surface area (Å²) in [5, 5.41) is 1.77. The SMILES string of the molecule is CC(C)c1ccc(CN(c2ccc3c(c2)OCO3)S(=O)(=O)c2cccs2)cc1. The number of thiophene rings is 1. The van der Waals surface area contributed by atoms with Gasteiger partial charge in [0.05, 0.1) is 12.2 Å². The van der Waals surface area contributed by atoms with Crippen LogP contribution in [0.1, 0.15) is 30.9 Å². The summed E-state index contributed by atoms with van der Waals surface area (Å²) >= 11 is 1.21. The van der Waals surface area contributed by atoms with Crippen LogP contribution in [0.2, 0.25) is 0 Å².